The van der Waals surface area contributed by atoms with Gasteiger partial charge in [-0.15, -0.1) is 0 Å². The number of hydrogen-bond acceptors (Lipinski definition) is 1. The molecule has 0 N–H and O–H groups in total. The monoisotopic (exact) mass is 297 g/mol. The third-order valence-electron chi connectivity index (χ3n) is 2.44. The van der Waals surface area contributed by atoms with Crippen molar-refractivity contribution in [3.63, 3.8) is 0 Å². The lowest BCUT2D eigenvalue weighted by atomic mass is 10.1. The smallest absolute Gasteiger partial charge is 0.256 e. The molecule has 0 saturated heterocycles. The van der Waals surface area contributed by atoms with Crippen molar-refractivity contribution in [3.8, 4) is 11.3 Å². The van der Waals surface area contributed by atoms with Crippen LogP contribution in [0.15, 0.2) is 42.6 Å². The Hall–Kier alpha value is -1.29. The molecule has 0 fully saturated rings. The van der Waals surface area contributed by atoms with Crippen molar-refractivity contribution in [1.82, 2.24) is 4.98 Å². The highest BCUT2D eigenvalue weighted by Gasteiger charge is 2.07. The van der Waals surface area contributed by atoms with Gasteiger partial charge in [-0.2, -0.15) is 0 Å². The van der Waals surface area contributed by atoms with E-state index in [1.165, 1.54) is 12.3 Å². The first kappa shape index (κ1) is 12.2. The number of rotatable bonds is 3. The Kier molecular flexibility index (Phi) is 3.84. The fourth-order valence-electron chi connectivity index (χ4n) is 1.47. The van der Waals surface area contributed by atoms with Gasteiger partial charge in [0.05, 0.1) is 5.69 Å². The van der Waals surface area contributed by atoms with Gasteiger partial charge in [-0.3, -0.25) is 4.98 Å². The number of halogens is 3. The SMILES string of the molecule is FC(F)c1ccc(-c2ccc(CBr)cc2)nc1. The highest BCUT2D eigenvalue weighted by molar-refractivity contribution is 9.08. The molecule has 1 aromatic heterocycles. The van der Waals surface area contributed by atoms with Crippen molar-refractivity contribution < 1.29 is 8.78 Å². The van der Waals surface area contributed by atoms with Crippen LogP contribution < -0.4 is 0 Å². The van der Waals surface area contributed by atoms with E-state index in [-0.39, 0.29) is 5.56 Å². The second-order valence-electron chi connectivity index (χ2n) is 3.61. The molecule has 0 amide bonds. The summed E-state index contributed by atoms with van der Waals surface area (Å²) in [5, 5.41) is 0.797. The van der Waals surface area contributed by atoms with Crippen LogP contribution in [0.5, 0.6) is 0 Å². The maximum atomic E-state index is 12.4. The fraction of sp³-hybridized carbons (Fsp3) is 0.154. The topological polar surface area (TPSA) is 12.9 Å². The van der Waals surface area contributed by atoms with Crippen LogP contribution >= 0.6 is 15.9 Å². The van der Waals surface area contributed by atoms with Crippen molar-refractivity contribution in [1.29, 1.82) is 0 Å². The van der Waals surface area contributed by atoms with Gasteiger partial charge >= 0.3 is 0 Å². The highest BCUT2D eigenvalue weighted by atomic mass is 79.9. The molecule has 2 rings (SSSR count). The van der Waals surface area contributed by atoms with Crippen LogP contribution in [0.1, 0.15) is 17.6 Å². The first-order valence-corrected chi connectivity index (χ1v) is 6.22. The molecule has 1 heterocycles. The Morgan fingerprint density at radius 1 is 1.06 bits per heavy atom. The Balaban J connectivity index is 2.26. The van der Waals surface area contributed by atoms with E-state index in [9.17, 15) is 8.78 Å². The lowest BCUT2D eigenvalue weighted by Gasteiger charge is -2.03. The van der Waals surface area contributed by atoms with Crippen molar-refractivity contribution >= 4 is 15.9 Å². The molecule has 1 nitrogen and oxygen atoms in total. The Labute approximate surface area is 107 Å². The van der Waals surface area contributed by atoms with E-state index in [4.69, 9.17) is 0 Å². The summed E-state index contributed by atoms with van der Waals surface area (Å²) in [6, 6.07) is 10.8. The van der Waals surface area contributed by atoms with E-state index in [1.54, 1.807) is 6.07 Å². The third-order valence-corrected chi connectivity index (χ3v) is 3.09. The van der Waals surface area contributed by atoms with Gasteiger partial charge in [0.15, 0.2) is 0 Å². The first-order valence-electron chi connectivity index (χ1n) is 5.10. The summed E-state index contributed by atoms with van der Waals surface area (Å²) < 4.78 is 24.7. The summed E-state index contributed by atoms with van der Waals surface area (Å²) in [6.07, 6.45) is -1.24. The molecule has 0 radical (unpaired) electrons. The van der Waals surface area contributed by atoms with Gasteiger partial charge in [-0.25, -0.2) is 8.78 Å². The van der Waals surface area contributed by atoms with Crippen LogP contribution in [0.4, 0.5) is 8.78 Å². The summed E-state index contributed by atoms with van der Waals surface area (Å²) in [6.45, 7) is 0. The molecule has 88 valence electrons. The fourth-order valence-corrected chi connectivity index (χ4v) is 1.84. The van der Waals surface area contributed by atoms with Gasteiger partial charge in [0.1, 0.15) is 0 Å². The maximum Gasteiger partial charge on any atom is 0.265 e. The van der Waals surface area contributed by atoms with Crippen LogP contribution in [-0.2, 0) is 5.33 Å². The minimum atomic E-state index is -2.47. The standard InChI is InChI=1S/C13H10BrF2N/c14-7-9-1-3-10(4-2-9)12-6-5-11(8-17-12)13(15)16/h1-6,8,13H,7H2. The van der Waals surface area contributed by atoms with E-state index in [0.29, 0.717) is 5.69 Å². The second kappa shape index (κ2) is 5.36. The van der Waals surface area contributed by atoms with Gasteiger partial charge < -0.3 is 0 Å². The molecule has 0 bridgehead atoms. The molecule has 1 aromatic carbocycles. The molecular weight excluding hydrogens is 288 g/mol. The van der Waals surface area contributed by atoms with Gasteiger partial charge in [0.2, 0.25) is 0 Å². The summed E-state index contributed by atoms with van der Waals surface area (Å²) in [4.78, 5) is 4.03. The number of pyridine rings is 1. The average molecular weight is 298 g/mol. The van der Waals surface area contributed by atoms with Crippen LogP contribution in [0.3, 0.4) is 0 Å². The quantitative estimate of drug-likeness (QED) is 0.756. The van der Waals surface area contributed by atoms with Gasteiger partial charge in [-0.05, 0) is 17.7 Å². The molecule has 17 heavy (non-hydrogen) atoms. The Morgan fingerprint density at radius 2 is 1.76 bits per heavy atom. The molecule has 0 aliphatic rings. The minimum Gasteiger partial charge on any atom is -0.256 e. The van der Waals surface area contributed by atoms with E-state index in [0.717, 1.165) is 16.5 Å². The number of alkyl halides is 3. The van der Waals surface area contributed by atoms with Crippen LogP contribution in [0.25, 0.3) is 11.3 Å². The molecule has 2 aromatic rings. The zero-order chi connectivity index (χ0) is 12.3. The summed E-state index contributed by atoms with van der Waals surface area (Å²) in [7, 11) is 0. The maximum absolute atomic E-state index is 12.4. The van der Waals surface area contributed by atoms with Crippen molar-refractivity contribution in [2.24, 2.45) is 0 Å². The van der Waals surface area contributed by atoms with E-state index in [2.05, 4.69) is 20.9 Å². The van der Waals surface area contributed by atoms with Crippen LogP contribution in [-0.4, -0.2) is 4.98 Å². The van der Waals surface area contributed by atoms with Gasteiger partial charge in [0.25, 0.3) is 6.43 Å². The molecule has 0 spiro atoms. The normalized spacial score (nSPS) is 10.8. The number of aromatic nitrogens is 1. The Bertz CT molecular complexity index is 480. The molecule has 0 unspecified atom stereocenters. The zero-order valence-electron chi connectivity index (χ0n) is 8.91. The molecule has 0 aliphatic carbocycles. The van der Waals surface area contributed by atoms with Gasteiger partial charge in [-0.1, -0.05) is 40.2 Å². The molecular formula is C13H10BrF2N. The molecule has 0 atom stereocenters. The zero-order valence-corrected chi connectivity index (χ0v) is 10.5. The van der Waals surface area contributed by atoms with E-state index < -0.39 is 6.43 Å². The summed E-state index contributed by atoms with van der Waals surface area (Å²) in [5.74, 6) is 0. The molecule has 4 heteroatoms. The molecule has 0 saturated carbocycles. The van der Waals surface area contributed by atoms with E-state index >= 15 is 0 Å². The largest absolute Gasteiger partial charge is 0.265 e. The van der Waals surface area contributed by atoms with E-state index in [1.807, 2.05) is 24.3 Å². The lowest BCUT2D eigenvalue weighted by Crippen LogP contribution is -1.88. The Morgan fingerprint density at radius 3 is 2.24 bits per heavy atom. The first-order chi connectivity index (χ1) is 8.20. The van der Waals surface area contributed by atoms with Crippen molar-refractivity contribution in [2.75, 3.05) is 0 Å². The van der Waals surface area contributed by atoms with Crippen molar-refractivity contribution in [3.05, 3.63) is 53.7 Å². The van der Waals surface area contributed by atoms with Crippen LogP contribution in [0, 0.1) is 0 Å². The third kappa shape index (κ3) is 2.88. The van der Waals surface area contributed by atoms with Crippen LogP contribution in [0.2, 0.25) is 0 Å². The number of benzene rings is 1. The van der Waals surface area contributed by atoms with Crippen molar-refractivity contribution in [2.45, 2.75) is 11.8 Å². The predicted octanol–water partition coefficient (Wildman–Crippen LogP) is 4.58. The average Bonchev–Trinajstić information content (AvgIpc) is 2.39. The summed E-state index contributed by atoms with van der Waals surface area (Å²) in [5.41, 5.74) is 2.75. The lowest BCUT2D eigenvalue weighted by molar-refractivity contribution is 0.151. The predicted molar refractivity (Wildman–Crippen MR) is 67.3 cm³/mol. The molecule has 0 aliphatic heterocycles. The number of hydrogen-bond donors (Lipinski definition) is 0. The second-order valence-corrected chi connectivity index (χ2v) is 4.17. The number of nitrogens with zero attached hydrogens (tertiary/aromatic N) is 1. The van der Waals surface area contributed by atoms with Gasteiger partial charge in [0, 0.05) is 22.7 Å². The summed E-state index contributed by atoms with van der Waals surface area (Å²) >= 11 is 3.36. The highest BCUT2D eigenvalue weighted by Crippen LogP contribution is 2.22. The minimum absolute atomic E-state index is 0.0502.